The third-order valence-corrected chi connectivity index (χ3v) is 5.39. The number of aromatic nitrogens is 4. The van der Waals surface area contributed by atoms with E-state index in [2.05, 4.69) is 31.3 Å². The zero-order chi connectivity index (χ0) is 17.4. The van der Waals surface area contributed by atoms with Gasteiger partial charge in [-0.2, -0.15) is 9.97 Å². The molecule has 0 saturated carbocycles. The predicted octanol–water partition coefficient (Wildman–Crippen LogP) is 2.23. The highest BCUT2D eigenvalue weighted by Crippen LogP contribution is 2.28. The number of fused-ring (bicyclic) bond motifs is 1. The minimum Gasteiger partial charge on any atom is -0.377 e. The van der Waals surface area contributed by atoms with Crippen LogP contribution in [0.5, 0.6) is 0 Å². The summed E-state index contributed by atoms with van der Waals surface area (Å²) >= 11 is 6.23. The molecule has 0 aliphatic carbocycles. The average Bonchev–Trinajstić information content (AvgIpc) is 2.92. The molecule has 2 aliphatic heterocycles. The third-order valence-electron chi connectivity index (χ3n) is 5.22. The molecule has 2 aliphatic rings. The van der Waals surface area contributed by atoms with E-state index in [1.165, 1.54) is 19.3 Å². The van der Waals surface area contributed by atoms with E-state index in [0.29, 0.717) is 13.2 Å². The van der Waals surface area contributed by atoms with E-state index in [1.807, 2.05) is 7.05 Å². The lowest BCUT2D eigenvalue weighted by molar-refractivity contribution is 0.0986. The molecule has 2 saturated heterocycles. The smallest absolute Gasteiger partial charge is 0.226 e. The first-order valence-corrected chi connectivity index (χ1v) is 9.47. The molecule has 7 nitrogen and oxygen atoms in total. The molecular formula is C17H25ClN6O. The van der Waals surface area contributed by atoms with Gasteiger partial charge in [0.1, 0.15) is 5.82 Å². The molecule has 1 atom stereocenters. The number of halogens is 1. The van der Waals surface area contributed by atoms with Crippen LogP contribution in [0.1, 0.15) is 32.0 Å². The van der Waals surface area contributed by atoms with E-state index >= 15 is 0 Å². The molecule has 0 bridgehead atoms. The predicted molar refractivity (Wildman–Crippen MR) is 98.1 cm³/mol. The van der Waals surface area contributed by atoms with Crippen LogP contribution in [0.2, 0.25) is 5.28 Å². The Labute approximate surface area is 152 Å². The number of anilines is 1. The number of nitrogens with zero attached hydrogens (tertiary/aromatic N) is 6. The molecule has 0 radical (unpaired) electrons. The molecule has 4 rings (SSSR count). The van der Waals surface area contributed by atoms with Crippen LogP contribution in [-0.2, 0) is 18.3 Å². The maximum absolute atomic E-state index is 6.23. The highest BCUT2D eigenvalue weighted by molar-refractivity contribution is 6.28. The number of piperidine rings is 1. The Kier molecular flexibility index (Phi) is 4.80. The molecule has 25 heavy (non-hydrogen) atoms. The second-order valence-electron chi connectivity index (χ2n) is 7.03. The van der Waals surface area contributed by atoms with E-state index in [9.17, 15) is 0 Å². The Morgan fingerprint density at radius 3 is 2.68 bits per heavy atom. The summed E-state index contributed by atoms with van der Waals surface area (Å²) in [5.41, 5.74) is 1.65. The summed E-state index contributed by atoms with van der Waals surface area (Å²) in [5.74, 6) is 1.85. The summed E-state index contributed by atoms with van der Waals surface area (Å²) in [4.78, 5) is 18.6. The van der Waals surface area contributed by atoms with Gasteiger partial charge in [-0.15, -0.1) is 0 Å². The summed E-state index contributed by atoms with van der Waals surface area (Å²) in [7, 11) is 2.02. The van der Waals surface area contributed by atoms with Crippen LogP contribution in [0.4, 0.5) is 5.82 Å². The van der Waals surface area contributed by atoms with Crippen molar-refractivity contribution in [1.82, 2.24) is 24.4 Å². The Morgan fingerprint density at radius 2 is 1.92 bits per heavy atom. The highest BCUT2D eigenvalue weighted by Gasteiger charge is 2.26. The zero-order valence-electron chi connectivity index (χ0n) is 14.9. The Balaban J connectivity index is 1.72. The van der Waals surface area contributed by atoms with Crippen LogP contribution < -0.4 is 4.90 Å². The van der Waals surface area contributed by atoms with Crippen molar-refractivity contribution in [2.24, 2.45) is 7.05 Å². The Morgan fingerprint density at radius 1 is 1.12 bits per heavy atom. The molecule has 0 unspecified atom stereocenters. The molecule has 2 aromatic heterocycles. The number of imidazole rings is 1. The maximum atomic E-state index is 6.23. The van der Waals surface area contributed by atoms with E-state index in [1.54, 1.807) is 0 Å². The summed E-state index contributed by atoms with van der Waals surface area (Å²) < 4.78 is 7.62. The highest BCUT2D eigenvalue weighted by atomic mass is 35.5. The normalized spacial score (nSPS) is 22.7. The number of morpholine rings is 1. The number of rotatable bonds is 3. The number of ether oxygens (including phenoxy) is 1. The van der Waals surface area contributed by atoms with Crippen molar-refractivity contribution in [3.63, 3.8) is 0 Å². The number of hydrogen-bond acceptors (Lipinski definition) is 6. The lowest BCUT2D eigenvalue weighted by atomic mass is 10.1. The van der Waals surface area contributed by atoms with E-state index in [0.717, 1.165) is 49.0 Å². The van der Waals surface area contributed by atoms with Crippen molar-refractivity contribution < 1.29 is 4.74 Å². The van der Waals surface area contributed by atoms with Gasteiger partial charge in [0.25, 0.3) is 0 Å². The van der Waals surface area contributed by atoms with Crippen molar-refractivity contribution >= 4 is 28.6 Å². The first-order chi connectivity index (χ1) is 12.1. The van der Waals surface area contributed by atoms with Gasteiger partial charge in [-0.3, -0.25) is 4.90 Å². The van der Waals surface area contributed by atoms with E-state index in [4.69, 9.17) is 21.3 Å². The lowest BCUT2D eigenvalue weighted by Crippen LogP contribution is -2.44. The Bertz CT molecular complexity index is 757. The number of hydrogen-bond donors (Lipinski definition) is 0. The second-order valence-corrected chi connectivity index (χ2v) is 7.37. The summed E-state index contributed by atoms with van der Waals surface area (Å²) in [5, 5.41) is 0.272. The molecule has 2 aromatic rings. The van der Waals surface area contributed by atoms with Crippen LogP contribution in [0.3, 0.4) is 0 Å². The molecule has 136 valence electrons. The number of aryl methyl sites for hydroxylation is 1. The summed E-state index contributed by atoms with van der Waals surface area (Å²) in [6.45, 7) is 7.45. The largest absolute Gasteiger partial charge is 0.377 e. The molecule has 0 spiro atoms. The van der Waals surface area contributed by atoms with Gasteiger partial charge in [0.15, 0.2) is 17.0 Å². The van der Waals surface area contributed by atoms with Crippen LogP contribution >= 0.6 is 11.6 Å². The minimum atomic E-state index is 0.246. The van der Waals surface area contributed by atoms with Crippen LogP contribution in [0.25, 0.3) is 11.2 Å². The van der Waals surface area contributed by atoms with Crippen LogP contribution in [0.15, 0.2) is 0 Å². The standard InChI is InChI=1S/C17H25ClN6O/c1-12-11-25-9-8-24(12)16-14-15(20-17(18)21-16)22(2)13(19-14)10-23-6-4-3-5-7-23/h12H,3-11H2,1-2H3/t12-/m0/s1. The van der Waals surface area contributed by atoms with Crippen LogP contribution in [-0.4, -0.2) is 63.3 Å². The monoisotopic (exact) mass is 364 g/mol. The van der Waals surface area contributed by atoms with Crippen molar-refractivity contribution in [3.05, 3.63) is 11.1 Å². The average molecular weight is 365 g/mol. The molecule has 4 heterocycles. The number of likely N-dealkylation sites (tertiary alicyclic amines) is 1. The first-order valence-electron chi connectivity index (χ1n) is 9.09. The van der Waals surface area contributed by atoms with Gasteiger partial charge in [-0.1, -0.05) is 6.42 Å². The maximum Gasteiger partial charge on any atom is 0.226 e. The summed E-state index contributed by atoms with van der Waals surface area (Å²) in [6.07, 6.45) is 3.87. The van der Waals surface area contributed by atoms with Crippen molar-refractivity contribution in [1.29, 1.82) is 0 Å². The van der Waals surface area contributed by atoms with Crippen molar-refractivity contribution in [2.45, 2.75) is 38.8 Å². The van der Waals surface area contributed by atoms with Gasteiger partial charge < -0.3 is 14.2 Å². The van der Waals surface area contributed by atoms with E-state index < -0.39 is 0 Å². The third kappa shape index (κ3) is 3.32. The SMILES string of the molecule is C[C@H]1COCCN1c1nc(Cl)nc2c1nc(CN1CCCCC1)n2C. The first kappa shape index (κ1) is 17.0. The molecule has 2 fully saturated rings. The topological polar surface area (TPSA) is 59.3 Å². The van der Waals surface area contributed by atoms with E-state index in [-0.39, 0.29) is 11.3 Å². The second kappa shape index (κ2) is 7.05. The van der Waals surface area contributed by atoms with Gasteiger partial charge in [0, 0.05) is 13.6 Å². The fraction of sp³-hybridized carbons (Fsp3) is 0.706. The zero-order valence-corrected chi connectivity index (χ0v) is 15.7. The quantitative estimate of drug-likeness (QED) is 0.778. The fourth-order valence-electron chi connectivity index (χ4n) is 3.77. The van der Waals surface area contributed by atoms with Gasteiger partial charge in [0.2, 0.25) is 5.28 Å². The van der Waals surface area contributed by atoms with Gasteiger partial charge in [0.05, 0.1) is 25.8 Å². The van der Waals surface area contributed by atoms with Gasteiger partial charge in [-0.25, -0.2) is 4.98 Å². The molecule has 0 aromatic carbocycles. The molecule has 8 heteroatoms. The van der Waals surface area contributed by atoms with Crippen molar-refractivity contribution in [3.8, 4) is 0 Å². The van der Waals surface area contributed by atoms with Crippen LogP contribution in [0, 0.1) is 0 Å². The summed E-state index contributed by atoms with van der Waals surface area (Å²) in [6, 6.07) is 0.246. The molecule has 0 amide bonds. The van der Waals surface area contributed by atoms with Gasteiger partial charge in [-0.05, 0) is 44.5 Å². The van der Waals surface area contributed by atoms with Gasteiger partial charge >= 0.3 is 0 Å². The molecule has 0 N–H and O–H groups in total. The molecular weight excluding hydrogens is 340 g/mol. The van der Waals surface area contributed by atoms with Crippen molar-refractivity contribution in [2.75, 3.05) is 37.7 Å². The lowest BCUT2D eigenvalue weighted by Gasteiger charge is -2.34. The minimum absolute atomic E-state index is 0.246. The fourth-order valence-corrected chi connectivity index (χ4v) is 3.93. The Hall–Kier alpha value is -1.44.